The van der Waals surface area contributed by atoms with Crippen molar-refractivity contribution in [3.63, 3.8) is 0 Å². The number of hydrogen-bond donors (Lipinski definition) is 1. The van der Waals surface area contributed by atoms with Crippen molar-refractivity contribution in [3.8, 4) is 0 Å². The lowest BCUT2D eigenvalue weighted by molar-refractivity contribution is -0.228. The second kappa shape index (κ2) is 8.89. The number of allylic oxidation sites excluding steroid dienone is 4. The summed E-state index contributed by atoms with van der Waals surface area (Å²) in [6, 6.07) is 0. The van der Waals surface area contributed by atoms with E-state index in [1.807, 2.05) is 0 Å². The van der Waals surface area contributed by atoms with Gasteiger partial charge in [0.2, 0.25) is 5.78 Å². The van der Waals surface area contributed by atoms with Crippen LogP contribution in [-0.4, -0.2) is 52.6 Å². The molecule has 0 bridgehead atoms. The molecule has 0 spiro atoms. The fourth-order valence-electron chi connectivity index (χ4n) is 7.93. The van der Waals surface area contributed by atoms with Crippen molar-refractivity contribution in [2.24, 2.45) is 28.6 Å². The smallest absolute Gasteiger partial charge is 0.306 e. The highest BCUT2D eigenvalue weighted by molar-refractivity contribution is 6.01. The molecule has 8 atom stereocenters. The van der Waals surface area contributed by atoms with Crippen LogP contribution in [0.2, 0.25) is 0 Å². The highest BCUT2D eigenvalue weighted by atomic mass is 19.1. The van der Waals surface area contributed by atoms with E-state index in [1.54, 1.807) is 20.8 Å². The molecule has 0 aliphatic heterocycles. The average molecular weight is 510 g/mol. The highest BCUT2D eigenvalue weighted by Crippen LogP contribution is 2.71. The molecule has 4 aliphatic rings. The van der Waals surface area contributed by atoms with E-state index in [0.29, 0.717) is 12.0 Å². The molecule has 198 valence electrons. The maximum Gasteiger partial charge on any atom is 0.306 e. The summed E-state index contributed by atoms with van der Waals surface area (Å²) in [5.74, 6) is -6.07. The first-order valence-electron chi connectivity index (χ1n) is 15.0. The molecule has 0 aromatic rings. The van der Waals surface area contributed by atoms with Crippen LogP contribution in [0.4, 0.5) is 4.39 Å². The molecular weight excluding hydrogens is 467 g/mol. The van der Waals surface area contributed by atoms with Crippen LogP contribution < -0.4 is 0 Å². The van der Waals surface area contributed by atoms with E-state index >= 15 is 4.39 Å². The minimum Gasteiger partial charge on any atom is -0.457 e. The molecule has 36 heavy (non-hydrogen) atoms. The second-order valence-corrected chi connectivity index (χ2v) is 11.1. The van der Waals surface area contributed by atoms with E-state index in [4.69, 9.17) is 16.3 Å². The molecule has 0 amide bonds. The van der Waals surface area contributed by atoms with Gasteiger partial charge in [-0.15, -0.1) is 0 Å². The average Bonchev–Trinajstić information content (AvgIpc) is 3.09. The van der Waals surface area contributed by atoms with Gasteiger partial charge in [0.05, 0.1) is 6.10 Å². The number of carbonyl (C=O) groups excluding carboxylic acids is 4. The number of hydrogen-bond acceptors (Lipinski definition) is 7. The SMILES string of the molecule is [2H]C([2H])([2H])C([2H])([2H])C(=O)O[C@]1(C(=O)COC(=O)CC)[C@H](C)C[C@H]2[C@@H]3CCC4=CC(=O)C=C[C@]4(C)[C@@]3(F)[C@@H](O)C[C@@]21C. The maximum absolute atomic E-state index is 17.5. The lowest BCUT2D eigenvalue weighted by Crippen LogP contribution is -2.70. The fraction of sp³-hybridized carbons (Fsp3) is 0.714. The van der Waals surface area contributed by atoms with Crippen molar-refractivity contribution < 1.29 is 45.0 Å². The van der Waals surface area contributed by atoms with Gasteiger partial charge in [0.1, 0.15) is 0 Å². The number of rotatable bonds is 6. The molecule has 8 heteroatoms. The van der Waals surface area contributed by atoms with Crippen LogP contribution >= 0.6 is 0 Å². The number of Topliss-reactive ketones (excluding diaryl/α,β-unsaturated/α-hetero) is 1. The summed E-state index contributed by atoms with van der Waals surface area (Å²) in [6.07, 6.45) is -0.760. The van der Waals surface area contributed by atoms with Gasteiger partial charge in [-0.25, -0.2) is 4.39 Å². The number of aliphatic hydroxyl groups is 1. The molecule has 0 aromatic carbocycles. The molecule has 4 aliphatic carbocycles. The molecule has 0 aromatic heterocycles. The number of halogens is 1. The Hall–Kier alpha value is -2.35. The summed E-state index contributed by atoms with van der Waals surface area (Å²) in [5.41, 5.74) is -6.70. The summed E-state index contributed by atoms with van der Waals surface area (Å²) in [7, 11) is 0. The number of fused-ring (bicyclic) bond motifs is 5. The zero-order valence-corrected chi connectivity index (χ0v) is 21.1. The van der Waals surface area contributed by atoms with Crippen LogP contribution in [0, 0.1) is 28.6 Å². The maximum atomic E-state index is 17.5. The topological polar surface area (TPSA) is 107 Å². The fourth-order valence-corrected chi connectivity index (χ4v) is 7.93. The molecular formula is C28H37FO7. The van der Waals surface area contributed by atoms with E-state index in [9.17, 15) is 24.3 Å². The number of aliphatic hydroxyl groups excluding tert-OH is 1. The molecule has 0 heterocycles. The van der Waals surface area contributed by atoms with E-state index in [2.05, 4.69) is 0 Å². The quantitative estimate of drug-likeness (QED) is 0.543. The first kappa shape index (κ1) is 20.7. The highest BCUT2D eigenvalue weighted by Gasteiger charge is 2.77. The molecule has 0 radical (unpaired) electrons. The van der Waals surface area contributed by atoms with Crippen LogP contribution in [0.1, 0.15) is 79.9 Å². The van der Waals surface area contributed by atoms with Gasteiger partial charge in [0, 0.05) is 42.3 Å². The Labute approximate surface area is 218 Å². The van der Waals surface area contributed by atoms with Crippen LogP contribution in [0.3, 0.4) is 0 Å². The monoisotopic (exact) mass is 509 g/mol. The molecule has 0 saturated heterocycles. The number of ketones is 2. The molecule has 3 saturated carbocycles. The van der Waals surface area contributed by atoms with Crippen LogP contribution in [0.25, 0.3) is 0 Å². The van der Waals surface area contributed by atoms with Crippen LogP contribution in [0.15, 0.2) is 23.8 Å². The Morgan fingerprint density at radius 1 is 1.28 bits per heavy atom. The normalized spacial score (nSPS) is 45.9. The summed E-state index contributed by atoms with van der Waals surface area (Å²) < 4.78 is 66.8. The van der Waals surface area contributed by atoms with Crippen molar-refractivity contribution in [3.05, 3.63) is 23.8 Å². The largest absolute Gasteiger partial charge is 0.457 e. The van der Waals surface area contributed by atoms with E-state index < -0.39 is 89.9 Å². The number of ether oxygens (including phenoxy) is 2. The Morgan fingerprint density at radius 2 is 2.00 bits per heavy atom. The number of esters is 2. The summed E-state index contributed by atoms with van der Waals surface area (Å²) in [4.78, 5) is 51.2. The summed E-state index contributed by atoms with van der Waals surface area (Å²) in [5, 5.41) is 11.6. The Balaban J connectivity index is 1.84. The first-order chi connectivity index (χ1) is 18.7. The van der Waals surface area contributed by atoms with Crippen LogP contribution in [0.5, 0.6) is 0 Å². The van der Waals surface area contributed by atoms with Crippen molar-refractivity contribution >= 4 is 23.5 Å². The second-order valence-electron chi connectivity index (χ2n) is 11.1. The minimum atomic E-state index is -3.48. The predicted octanol–water partition coefficient (Wildman–Crippen LogP) is 3.82. The minimum absolute atomic E-state index is 0.0489. The molecule has 1 N–H and O–H groups in total. The Morgan fingerprint density at radius 3 is 2.67 bits per heavy atom. The first-order valence-corrected chi connectivity index (χ1v) is 12.5. The van der Waals surface area contributed by atoms with Crippen molar-refractivity contribution in [1.82, 2.24) is 0 Å². The summed E-state index contributed by atoms with van der Waals surface area (Å²) in [6.45, 7) is 2.03. The third-order valence-corrected chi connectivity index (χ3v) is 9.60. The molecule has 7 nitrogen and oxygen atoms in total. The summed E-state index contributed by atoms with van der Waals surface area (Å²) >= 11 is 0. The molecule has 0 unspecified atom stereocenters. The van der Waals surface area contributed by atoms with Crippen LogP contribution in [-0.2, 0) is 28.7 Å². The van der Waals surface area contributed by atoms with Gasteiger partial charge in [0.15, 0.2) is 23.7 Å². The van der Waals surface area contributed by atoms with Gasteiger partial charge in [-0.2, -0.15) is 0 Å². The Bertz CT molecular complexity index is 1230. The third kappa shape index (κ3) is 3.39. The standard InChI is InChI=1S/C28H37FO7/c1-6-23(33)35-15-22(32)28(36-24(34)7-2)16(3)12-20-19-9-8-17-13-18(30)10-11-25(17,4)27(19,29)21(31)14-26(20,28)5/h10-11,13,16,19-21,31H,6-9,12,14-15H2,1-5H3/t16-,19+,20+,21+,25+,26+,27+,28+/m1/s1/i2D3,7D2. The zero-order valence-electron chi connectivity index (χ0n) is 26.1. The molecule has 3 fully saturated rings. The van der Waals surface area contributed by atoms with E-state index in [1.165, 1.54) is 25.2 Å². The zero-order chi connectivity index (χ0) is 31.0. The molecule has 4 rings (SSSR count). The van der Waals surface area contributed by atoms with Gasteiger partial charge < -0.3 is 14.6 Å². The van der Waals surface area contributed by atoms with E-state index in [0.717, 1.165) is 0 Å². The third-order valence-electron chi connectivity index (χ3n) is 9.60. The predicted molar refractivity (Wildman–Crippen MR) is 128 cm³/mol. The van der Waals surface area contributed by atoms with E-state index in [-0.39, 0.29) is 25.0 Å². The van der Waals surface area contributed by atoms with Gasteiger partial charge >= 0.3 is 11.9 Å². The van der Waals surface area contributed by atoms with Crippen molar-refractivity contribution in [2.75, 3.05) is 6.61 Å². The van der Waals surface area contributed by atoms with Gasteiger partial charge in [-0.05, 0) is 50.7 Å². The lowest BCUT2D eigenvalue weighted by Gasteiger charge is -2.62. The number of carbonyl (C=O) groups is 4. The van der Waals surface area contributed by atoms with Gasteiger partial charge in [0.25, 0.3) is 0 Å². The lowest BCUT2D eigenvalue weighted by atomic mass is 9.44. The van der Waals surface area contributed by atoms with Gasteiger partial charge in [-0.3, -0.25) is 19.2 Å². The van der Waals surface area contributed by atoms with Crippen molar-refractivity contribution in [1.29, 1.82) is 0 Å². The van der Waals surface area contributed by atoms with Crippen molar-refractivity contribution in [2.45, 2.75) is 90.4 Å². The number of alkyl halides is 1. The Kier molecular flexibility index (Phi) is 5.11. The van der Waals surface area contributed by atoms with Gasteiger partial charge in [-0.1, -0.05) is 39.3 Å².